The molecular weight excluding hydrogens is 655 g/mol. The van der Waals surface area contributed by atoms with E-state index >= 15 is 0 Å². The fourth-order valence-electron chi connectivity index (χ4n) is 7.02. The summed E-state index contributed by atoms with van der Waals surface area (Å²) in [5.74, 6) is -0.515. The zero-order chi connectivity index (χ0) is 38.7. The van der Waals surface area contributed by atoms with Crippen molar-refractivity contribution in [1.82, 2.24) is 5.32 Å². The number of rotatable bonds is 42. The third-order valence-corrected chi connectivity index (χ3v) is 10.7. The van der Waals surface area contributed by atoms with Gasteiger partial charge in [-0.15, -0.1) is 0 Å². The summed E-state index contributed by atoms with van der Waals surface area (Å²) in [7, 11) is 0. The molecular formula is C48H91NO4. The Balaban J connectivity index is 3.66. The van der Waals surface area contributed by atoms with Gasteiger partial charge in [-0.25, -0.2) is 0 Å². The minimum Gasteiger partial charge on any atom is -0.394 e. The van der Waals surface area contributed by atoms with Crippen LogP contribution in [0, 0.1) is 0 Å². The van der Waals surface area contributed by atoms with Crippen molar-refractivity contribution in [2.75, 3.05) is 6.61 Å². The highest BCUT2D eigenvalue weighted by Crippen LogP contribution is 2.15. The summed E-state index contributed by atoms with van der Waals surface area (Å²) in [6.45, 7) is 4.17. The van der Waals surface area contributed by atoms with Gasteiger partial charge in [0.1, 0.15) is 6.10 Å². The average molecular weight is 746 g/mol. The molecule has 3 atom stereocenters. The molecule has 0 saturated carbocycles. The summed E-state index contributed by atoms with van der Waals surface area (Å²) >= 11 is 0. The second-order valence-electron chi connectivity index (χ2n) is 16.0. The van der Waals surface area contributed by atoms with Crippen molar-refractivity contribution in [3.8, 4) is 0 Å². The van der Waals surface area contributed by atoms with Gasteiger partial charge < -0.3 is 20.6 Å². The molecule has 0 aliphatic rings. The molecule has 0 aromatic carbocycles. The molecule has 0 aliphatic carbocycles. The van der Waals surface area contributed by atoms with Crippen LogP contribution in [-0.4, -0.2) is 46.1 Å². The Morgan fingerprint density at radius 2 is 0.774 bits per heavy atom. The van der Waals surface area contributed by atoms with Crippen molar-refractivity contribution in [1.29, 1.82) is 0 Å². The number of hydrogen-bond donors (Lipinski definition) is 4. The maximum atomic E-state index is 12.5. The summed E-state index contributed by atoms with van der Waals surface area (Å²) in [5, 5.41) is 33.1. The largest absolute Gasteiger partial charge is 0.394 e. The van der Waals surface area contributed by atoms with Crippen molar-refractivity contribution in [3.05, 3.63) is 36.5 Å². The summed E-state index contributed by atoms with van der Waals surface area (Å²) < 4.78 is 0. The molecule has 0 fully saturated rings. The van der Waals surface area contributed by atoms with E-state index in [0.29, 0.717) is 6.42 Å². The van der Waals surface area contributed by atoms with E-state index in [2.05, 4.69) is 43.5 Å². The number of carbonyl (C=O) groups is 1. The predicted octanol–water partition coefficient (Wildman–Crippen LogP) is 13.5. The van der Waals surface area contributed by atoms with Crippen LogP contribution >= 0.6 is 0 Å². The standard InChI is InChI=1S/C48H91NO4/c1-3-5-7-9-11-13-15-17-19-20-21-22-23-24-25-26-27-29-31-33-35-37-39-41-43-47(52)48(53)49-45(44-50)46(51)42-40-38-36-34-32-30-28-18-16-14-12-10-8-6-4-2/h24-25,32,34,40,42,45-47,50-52H,3-23,26-31,33,35-39,41,43-44H2,1-2H3,(H,49,53)/b25-24-,34-32+,42-40+. The normalized spacial score (nSPS) is 13.8. The lowest BCUT2D eigenvalue weighted by Gasteiger charge is -2.21. The molecule has 0 bridgehead atoms. The summed E-state index contributed by atoms with van der Waals surface area (Å²) in [5.41, 5.74) is 0. The Hall–Kier alpha value is -1.43. The Labute approximate surface area is 330 Å². The van der Waals surface area contributed by atoms with E-state index in [9.17, 15) is 20.1 Å². The highest BCUT2D eigenvalue weighted by Gasteiger charge is 2.22. The van der Waals surface area contributed by atoms with Crippen LogP contribution in [0.25, 0.3) is 0 Å². The van der Waals surface area contributed by atoms with Gasteiger partial charge in [0.25, 0.3) is 0 Å². The molecule has 5 nitrogen and oxygen atoms in total. The molecule has 1 amide bonds. The second-order valence-corrected chi connectivity index (χ2v) is 16.0. The molecule has 0 aromatic rings. The zero-order valence-electron chi connectivity index (χ0n) is 35.4. The number of carbonyl (C=O) groups excluding carboxylic acids is 1. The molecule has 4 N–H and O–H groups in total. The van der Waals surface area contributed by atoms with Gasteiger partial charge in [0, 0.05) is 0 Å². The number of hydrogen-bond acceptors (Lipinski definition) is 4. The predicted molar refractivity (Wildman–Crippen MR) is 231 cm³/mol. The quantitative estimate of drug-likeness (QED) is 0.0370. The van der Waals surface area contributed by atoms with E-state index in [1.807, 2.05) is 6.08 Å². The maximum absolute atomic E-state index is 12.5. The van der Waals surface area contributed by atoms with Crippen LogP contribution in [0.1, 0.15) is 239 Å². The average Bonchev–Trinajstić information content (AvgIpc) is 3.16. The second kappa shape index (κ2) is 43.3. The molecule has 0 saturated heterocycles. The van der Waals surface area contributed by atoms with Crippen LogP contribution < -0.4 is 5.32 Å². The number of allylic oxidation sites excluding steroid dienone is 5. The fourth-order valence-corrected chi connectivity index (χ4v) is 7.02. The van der Waals surface area contributed by atoms with E-state index in [0.717, 1.165) is 38.5 Å². The molecule has 0 rings (SSSR count). The first-order valence-corrected chi connectivity index (χ1v) is 23.3. The van der Waals surface area contributed by atoms with Gasteiger partial charge in [-0.05, 0) is 57.8 Å². The highest BCUT2D eigenvalue weighted by atomic mass is 16.3. The van der Waals surface area contributed by atoms with Crippen LogP contribution in [0.5, 0.6) is 0 Å². The number of aliphatic hydroxyl groups excluding tert-OH is 3. The van der Waals surface area contributed by atoms with E-state index < -0.39 is 24.2 Å². The number of unbranched alkanes of at least 4 members (excludes halogenated alkanes) is 30. The Bertz CT molecular complexity index is 824. The van der Waals surface area contributed by atoms with Crippen LogP contribution in [0.2, 0.25) is 0 Å². The Morgan fingerprint density at radius 3 is 1.15 bits per heavy atom. The first kappa shape index (κ1) is 51.6. The molecule has 0 spiro atoms. The van der Waals surface area contributed by atoms with Crippen molar-refractivity contribution in [3.63, 3.8) is 0 Å². The van der Waals surface area contributed by atoms with Gasteiger partial charge in [-0.2, -0.15) is 0 Å². The van der Waals surface area contributed by atoms with Crippen LogP contribution in [0.4, 0.5) is 0 Å². The van der Waals surface area contributed by atoms with Gasteiger partial charge >= 0.3 is 0 Å². The number of nitrogens with one attached hydrogen (secondary N) is 1. The van der Waals surface area contributed by atoms with Gasteiger partial charge in [0.05, 0.1) is 18.8 Å². The molecule has 5 heteroatoms. The van der Waals surface area contributed by atoms with Crippen molar-refractivity contribution < 1.29 is 20.1 Å². The van der Waals surface area contributed by atoms with E-state index in [-0.39, 0.29) is 6.61 Å². The molecule has 0 aromatic heterocycles. The van der Waals surface area contributed by atoms with Crippen molar-refractivity contribution in [2.45, 2.75) is 257 Å². The Kier molecular flexibility index (Phi) is 42.1. The monoisotopic (exact) mass is 746 g/mol. The summed E-state index contributed by atoms with van der Waals surface area (Å²) in [4.78, 5) is 12.5. The van der Waals surface area contributed by atoms with Gasteiger partial charge in [-0.3, -0.25) is 4.79 Å². The van der Waals surface area contributed by atoms with Gasteiger partial charge in [-0.1, -0.05) is 217 Å². The molecule has 3 unspecified atom stereocenters. The Morgan fingerprint density at radius 1 is 0.453 bits per heavy atom. The van der Waals surface area contributed by atoms with E-state index in [1.54, 1.807) is 6.08 Å². The molecule has 0 aliphatic heterocycles. The smallest absolute Gasteiger partial charge is 0.249 e. The lowest BCUT2D eigenvalue weighted by molar-refractivity contribution is -0.131. The van der Waals surface area contributed by atoms with Gasteiger partial charge in [0.2, 0.25) is 5.91 Å². The first-order chi connectivity index (χ1) is 26.1. The van der Waals surface area contributed by atoms with Crippen molar-refractivity contribution in [2.24, 2.45) is 0 Å². The highest BCUT2D eigenvalue weighted by molar-refractivity contribution is 5.80. The number of amides is 1. The SMILES string of the molecule is CCCCCCCCCCC/C=C/CC/C=C/C(O)C(CO)NC(=O)C(O)CCCCCCCCCC/C=C\CCCCCCCCCCCCCC. The molecule has 53 heavy (non-hydrogen) atoms. The minimum atomic E-state index is -1.11. The van der Waals surface area contributed by atoms with Crippen LogP contribution in [-0.2, 0) is 4.79 Å². The fraction of sp³-hybridized carbons (Fsp3) is 0.854. The van der Waals surface area contributed by atoms with Crippen LogP contribution in [0.3, 0.4) is 0 Å². The lowest BCUT2D eigenvalue weighted by Crippen LogP contribution is -2.48. The molecule has 0 heterocycles. The number of aliphatic hydroxyl groups is 3. The summed E-state index contributed by atoms with van der Waals surface area (Å²) in [6, 6.07) is -0.815. The van der Waals surface area contributed by atoms with E-state index in [1.165, 1.54) is 180 Å². The molecule has 312 valence electrons. The topological polar surface area (TPSA) is 89.8 Å². The van der Waals surface area contributed by atoms with Crippen LogP contribution in [0.15, 0.2) is 36.5 Å². The van der Waals surface area contributed by atoms with Crippen molar-refractivity contribution >= 4 is 5.91 Å². The molecule has 0 radical (unpaired) electrons. The zero-order valence-corrected chi connectivity index (χ0v) is 35.4. The lowest BCUT2D eigenvalue weighted by atomic mass is 10.0. The third kappa shape index (κ3) is 38.6. The third-order valence-electron chi connectivity index (χ3n) is 10.7. The first-order valence-electron chi connectivity index (χ1n) is 23.3. The van der Waals surface area contributed by atoms with Gasteiger partial charge in [0.15, 0.2) is 0 Å². The van der Waals surface area contributed by atoms with E-state index in [4.69, 9.17) is 0 Å². The minimum absolute atomic E-state index is 0.377. The summed E-state index contributed by atoms with van der Waals surface area (Å²) in [6.07, 6.45) is 54.7. The maximum Gasteiger partial charge on any atom is 0.249 e.